The molecule has 6 heteroatoms. The molecule has 0 saturated carbocycles. The fourth-order valence-corrected chi connectivity index (χ4v) is 6.90. The van der Waals surface area contributed by atoms with Crippen molar-refractivity contribution >= 4 is 5.97 Å². The Bertz CT molecular complexity index is 676. The van der Waals surface area contributed by atoms with Gasteiger partial charge in [0.2, 0.25) is 0 Å². The lowest BCUT2D eigenvalue weighted by Crippen LogP contribution is -2.39. The number of carbonyl (C=O) groups excluding carboxylic acids is 1. The molecular formula is C39H75NO5. The number of unbranched alkanes of at least 4 members (excludes halogenated alkanes) is 22. The molecule has 0 bridgehead atoms. The van der Waals surface area contributed by atoms with E-state index in [2.05, 4.69) is 25.8 Å². The molecule has 0 aromatic rings. The van der Waals surface area contributed by atoms with Crippen LogP contribution in [0.4, 0.5) is 0 Å². The van der Waals surface area contributed by atoms with Gasteiger partial charge in [-0.05, 0) is 32.9 Å². The Kier molecular flexibility index (Phi) is 25.5. The molecule has 0 spiro atoms. The normalized spacial score (nSPS) is 22.0. The van der Waals surface area contributed by atoms with Gasteiger partial charge in [0, 0.05) is 19.8 Å². The van der Waals surface area contributed by atoms with E-state index in [9.17, 15) is 4.79 Å². The zero-order valence-corrected chi connectivity index (χ0v) is 30.2. The summed E-state index contributed by atoms with van der Waals surface area (Å²) in [6.07, 6.45) is 32.5. The van der Waals surface area contributed by atoms with Gasteiger partial charge in [0.25, 0.3) is 0 Å². The molecule has 2 aliphatic heterocycles. The van der Waals surface area contributed by atoms with Gasteiger partial charge in [0.05, 0.1) is 12.5 Å². The van der Waals surface area contributed by atoms with Gasteiger partial charge in [0.1, 0.15) is 24.9 Å². The van der Waals surface area contributed by atoms with Crippen molar-refractivity contribution in [2.45, 2.75) is 193 Å². The summed E-state index contributed by atoms with van der Waals surface area (Å²) in [5.74, 6) is -0.113. The van der Waals surface area contributed by atoms with E-state index in [0.29, 0.717) is 6.61 Å². The zero-order valence-electron chi connectivity index (χ0n) is 30.2. The van der Waals surface area contributed by atoms with Gasteiger partial charge in [-0.1, -0.05) is 155 Å². The summed E-state index contributed by atoms with van der Waals surface area (Å²) in [4.78, 5) is 14.8. The standard InChI is InChI=1S/C39H75NO5/c1-4-6-8-10-12-14-16-18-20-22-24-26-30-42-36-33-44-37(34-45-39(41)35-28-29-40(3)32-35)38(36)43-31-27-25-23-21-19-17-15-13-11-9-7-5-2/h35-38H,4-34H2,1-3H3/t35?,36-,37+,38+/m0/s1. The first-order chi connectivity index (χ1) is 22.2. The summed E-state index contributed by atoms with van der Waals surface area (Å²) in [5.41, 5.74) is 0. The minimum atomic E-state index is -0.239. The summed E-state index contributed by atoms with van der Waals surface area (Å²) in [5, 5.41) is 0. The summed E-state index contributed by atoms with van der Waals surface area (Å²) in [6.45, 7) is 8.58. The smallest absolute Gasteiger partial charge is 0.310 e. The van der Waals surface area contributed by atoms with Crippen LogP contribution in [0, 0.1) is 5.92 Å². The molecule has 0 amide bonds. The Morgan fingerprint density at radius 2 is 1.09 bits per heavy atom. The molecule has 4 atom stereocenters. The summed E-state index contributed by atoms with van der Waals surface area (Å²) in [7, 11) is 2.06. The molecule has 0 aliphatic carbocycles. The molecule has 45 heavy (non-hydrogen) atoms. The van der Waals surface area contributed by atoms with E-state index in [4.69, 9.17) is 18.9 Å². The maximum atomic E-state index is 12.7. The summed E-state index contributed by atoms with van der Waals surface area (Å²) >= 11 is 0. The Morgan fingerprint density at radius 3 is 1.53 bits per heavy atom. The molecule has 0 radical (unpaired) electrons. The van der Waals surface area contributed by atoms with E-state index in [0.717, 1.165) is 45.6 Å². The number of carbonyl (C=O) groups is 1. The number of hydrogen-bond acceptors (Lipinski definition) is 6. The van der Waals surface area contributed by atoms with E-state index < -0.39 is 0 Å². The summed E-state index contributed by atoms with van der Waals surface area (Å²) in [6, 6.07) is 0. The molecule has 2 fully saturated rings. The molecule has 2 saturated heterocycles. The second kappa shape index (κ2) is 28.3. The van der Waals surface area contributed by atoms with Crippen LogP contribution in [0.3, 0.4) is 0 Å². The van der Waals surface area contributed by atoms with E-state index in [1.807, 2.05) is 0 Å². The number of nitrogens with zero attached hydrogens (tertiary/aromatic N) is 1. The van der Waals surface area contributed by atoms with Crippen LogP contribution in [0.2, 0.25) is 0 Å². The van der Waals surface area contributed by atoms with Crippen LogP contribution in [-0.2, 0) is 23.7 Å². The number of hydrogen-bond donors (Lipinski definition) is 0. The molecule has 2 rings (SSSR count). The van der Waals surface area contributed by atoms with Crippen molar-refractivity contribution in [1.29, 1.82) is 0 Å². The van der Waals surface area contributed by atoms with E-state index in [1.54, 1.807) is 0 Å². The van der Waals surface area contributed by atoms with Gasteiger partial charge in [-0.15, -0.1) is 0 Å². The Balaban J connectivity index is 1.59. The zero-order chi connectivity index (χ0) is 32.2. The largest absolute Gasteiger partial charge is 0.463 e. The minimum absolute atomic E-state index is 0.0188. The SMILES string of the molecule is CCCCCCCCCCCCCCO[C@@H]1[C@@H](OCCCCCCCCCCCCCC)CO[C@@H]1COC(=O)C1CCN(C)C1. The van der Waals surface area contributed by atoms with E-state index in [1.165, 1.54) is 141 Å². The molecule has 6 nitrogen and oxygen atoms in total. The number of rotatable bonds is 31. The Hall–Kier alpha value is -0.690. The van der Waals surface area contributed by atoms with Crippen LogP contribution in [-0.4, -0.2) is 75.7 Å². The lowest BCUT2D eigenvalue weighted by molar-refractivity contribution is -0.154. The average Bonchev–Trinajstić information content (AvgIpc) is 3.66. The average molecular weight is 638 g/mol. The van der Waals surface area contributed by atoms with Crippen molar-refractivity contribution in [1.82, 2.24) is 4.90 Å². The number of likely N-dealkylation sites (tertiary alicyclic amines) is 1. The lowest BCUT2D eigenvalue weighted by atomic mass is 10.1. The molecule has 0 aromatic heterocycles. The fourth-order valence-electron chi connectivity index (χ4n) is 6.90. The number of esters is 1. The van der Waals surface area contributed by atoms with Crippen molar-refractivity contribution in [3.8, 4) is 0 Å². The predicted molar refractivity (Wildman–Crippen MR) is 188 cm³/mol. The van der Waals surface area contributed by atoms with E-state index >= 15 is 0 Å². The van der Waals surface area contributed by atoms with Gasteiger partial charge < -0.3 is 23.8 Å². The molecule has 0 aromatic carbocycles. The minimum Gasteiger partial charge on any atom is -0.463 e. The van der Waals surface area contributed by atoms with Crippen molar-refractivity contribution in [3.05, 3.63) is 0 Å². The fraction of sp³-hybridized carbons (Fsp3) is 0.974. The molecule has 2 aliphatic rings. The molecule has 2 heterocycles. The second-order valence-electron chi connectivity index (χ2n) is 14.3. The van der Waals surface area contributed by atoms with Gasteiger partial charge in [-0.3, -0.25) is 4.79 Å². The quantitative estimate of drug-likeness (QED) is 0.0557. The van der Waals surface area contributed by atoms with Crippen LogP contribution < -0.4 is 0 Å². The van der Waals surface area contributed by atoms with Crippen molar-refractivity contribution in [3.63, 3.8) is 0 Å². The van der Waals surface area contributed by atoms with E-state index in [-0.39, 0.29) is 36.8 Å². The highest BCUT2D eigenvalue weighted by Crippen LogP contribution is 2.24. The first-order valence-electron chi connectivity index (χ1n) is 19.9. The van der Waals surface area contributed by atoms with Crippen molar-refractivity contribution in [2.24, 2.45) is 5.92 Å². The topological polar surface area (TPSA) is 57.2 Å². The highest BCUT2D eigenvalue weighted by Gasteiger charge is 2.40. The van der Waals surface area contributed by atoms with Gasteiger partial charge >= 0.3 is 5.97 Å². The maximum Gasteiger partial charge on any atom is 0.310 e. The van der Waals surface area contributed by atoms with Gasteiger partial charge in [-0.2, -0.15) is 0 Å². The van der Waals surface area contributed by atoms with Crippen LogP contribution in [0.5, 0.6) is 0 Å². The summed E-state index contributed by atoms with van der Waals surface area (Å²) < 4.78 is 24.6. The third-order valence-electron chi connectivity index (χ3n) is 9.96. The van der Waals surface area contributed by atoms with Crippen molar-refractivity contribution in [2.75, 3.05) is 46.6 Å². The van der Waals surface area contributed by atoms with Crippen LogP contribution in [0.25, 0.3) is 0 Å². The molecule has 1 unspecified atom stereocenters. The first-order valence-corrected chi connectivity index (χ1v) is 19.9. The molecular weight excluding hydrogens is 562 g/mol. The maximum absolute atomic E-state index is 12.7. The van der Waals surface area contributed by atoms with Crippen LogP contribution >= 0.6 is 0 Å². The highest BCUT2D eigenvalue weighted by atomic mass is 16.6. The molecule has 266 valence electrons. The monoisotopic (exact) mass is 638 g/mol. The second-order valence-corrected chi connectivity index (χ2v) is 14.3. The van der Waals surface area contributed by atoms with Crippen LogP contribution in [0.15, 0.2) is 0 Å². The first kappa shape index (κ1) is 40.5. The predicted octanol–water partition coefficient (Wildman–Crippen LogP) is 10.1. The lowest BCUT2D eigenvalue weighted by Gasteiger charge is -2.24. The number of ether oxygens (including phenoxy) is 4. The Morgan fingerprint density at radius 1 is 0.644 bits per heavy atom. The molecule has 0 N–H and O–H groups in total. The Labute approximate surface area is 279 Å². The third-order valence-corrected chi connectivity index (χ3v) is 9.96. The highest BCUT2D eigenvalue weighted by molar-refractivity contribution is 5.73. The third kappa shape index (κ3) is 20.3. The van der Waals surface area contributed by atoms with Gasteiger partial charge in [-0.25, -0.2) is 0 Å². The van der Waals surface area contributed by atoms with Crippen molar-refractivity contribution < 1.29 is 23.7 Å². The van der Waals surface area contributed by atoms with Gasteiger partial charge in [0.15, 0.2) is 0 Å². The van der Waals surface area contributed by atoms with Crippen LogP contribution in [0.1, 0.15) is 174 Å².